The molecule has 16 heavy (non-hydrogen) atoms. The zero-order valence-corrected chi connectivity index (χ0v) is 10.8. The van der Waals surface area contributed by atoms with E-state index in [0.717, 1.165) is 18.1 Å². The summed E-state index contributed by atoms with van der Waals surface area (Å²) in [6, 6.07) is 8.98. The van der Waals surface area contributed by atoms with Gasteiger partial charge in [-0.3, -0.25) is 4.21 Å². The third kappa shape index (κ3) is 2.53. The van der Waals surface area contributed by atoms with Crippen LogP contribution in [-0.2, 0) is 10.8 Å². The van der Waals surface area contributed by atoms with E-state index in [4.69, 9.17) is 0 Å². The number of hydrogen-bond acceptors (Lipinski definition) is 1. The van der Waals surface area contributed by atoms with Crippen LogP contribution in [0.15, 0.2) is 24.3 Å². The highest BCUT2D eigenvalue weighted by molar-refractivity contribution is 7.85. The maximum atomic E-state index is 11.6. The van der Waals surface area contributed by atoms with Crippen LogP contribution in [-0.4, -0.2) is 22.3 Å². The lowest BCUT2D eigenvalue weighted by Gasteiger charge is -2.23. The third-order valence-corrected chi connectivity index (χ3v) is 4.60. The minimum atomic E-state index is -0.624. The van der Waals surface area contributed by atoms with Crippen molar-refractivity contribution < 1.29 is 9.53 Å². The number of hydrogen-bond donors (Lipinski definition) is 1. The van der Waals surface area contributed by atoms with Crippen LogP contribution < -0.4 is 5.32 Å². The molecule has 2 unspecified atom stereocenters. The molecule has 0 aromatic heterocycles. The van der Waals surface area contributed by atoms with E-state index in [-0.39, 0.29) is 0 Å². The zero-order chi connectivity index (χ0) is 11.5. The first-order valence-electron chi connectivity index (χ1n) is 5.95. The van der Waals surface area contributed by atoms with Crippen molar-refractivity contribution in [2.45, 2.75) is 25.8 Å². The molecule has 88 valence electrons. The Kier molecular flexibility index (Phi) is 3.77. The molecule has 0 bridgehead atoms. The topological polar surface area (TPSA) is 33.7 Å². The van der Waals surface area contributed by atoms with Gasteiger partial charge in [-0.05, 0) is 11.5 Å². The maximum absolute atomic E-state index is 11.6. The lowest BCUT2D eigenvalue weighted by atomic mass is 9.93. The standard InChI is InChI=1S/C13H19NOS/c1-10(2)11-5-3-4-6-12(11)13-9-16(15)8-7-14-13/h3-6,10,13-14H,7-9H2,1-2H3/p+1. The van der Waals surface area contributed by atoms with Crippen molar-refractivity contribution >= 4 is 10.8 Å². The molecule has 1 aliphatic heterocycles. The molecule has 0 radical (unpaired) electrons. The monoisotopic (exact) mass is 238 g/mol. The molecule has 3 heteroatoms. The van der Waals surface area contributed by atoms with Gasteiger partial charge in [0.25, 0.3) is 0 Å². The van der Waals surface area contributed by atoms with Crippen LogP contribution in [0.4, 0.5) is 0 Å². The Morgan fingerprint density at radius 1 is 1.38 bits per heavy atom. The molecule has 2 N–H and O–H groups in total. The second kappa shape index (κ2) is 5.11. The summed E-state index contributed by atoms with van der Waals surface area (Å²) in [5.74, 6) is 2.20. The summed E-state index contributed by atoms with van der Waals surface area (Å²) in [4.78, 5) is 0. The molecular formula is C13H20NOS+. The second-order valence-corrected chi connectivity index (χ2v) is 6.35. The van der Waals surface area contributed by atoms with E-state index in [1.54, 1.807) is 0 Å². The van der Waals surface area contributed by atoms with E-state index in [9.17, 15) is 4.21 Å². The van der Waals surface area contributed by atoms with Crippen LogP contribution in [0.2, 0.25) is 0 Å². The fourth-order valence-corrected chi connectivity index (χ4v) is 3.63. The van der Waals surface area contributed by atoms with Gasteiger partial charge in [0.15, 0.2) is 0 Å². The number of benzene rings is 1. The summed E-state index contributed by atoms with van der Waals surface area (Å²) in [6.07, 6.45) is 0. The highest BCUT2D eigenvalue weighted by Crippen LogP contribution is 2.24. The van der Waals surface area contributed by atoms with Gasteiger partial charge < -0.3 is 5.32 Å². The summed E-state index contributed by atoms with van der Waals surface area (Å²) >= 11 is 0. The van der Waals surface area contributed by atoms with E-state index in [1.165, 1.54) is 11.1 Å². The molecule has 0 saturated carbocycles. The molecule has 1 aromatic carbocycles. The fraction of sp³-hybridized carbons (Fsp3) is 0.538. The summed E-state index contributed by atoms with van der Waals surface area (Å²) in [6.45, 7) is 5.43. The van der Waals surface area contributed by atoms with Gasteiger partial charge in [0, 0.05) is 16.4 Å². The average molecular weight is 238 g/mol. The molecular weight excluding hydrogens is 218 g/mol. The molecule has 2 atom stereocenters. The van der Waals surface area contributed by atoms with E-state index in [1.807, 2.05) is 0 Å². The van der Waals surface area contributed by atoms with Crippen molar-refractivity contribution in [2.24, 2.45) is 0 Å². The fourth-order valence-electron chi connectivity index (χ4n) is 2.34. The van der Waals surface area contributed by atoms with Crippen LogP contribution in [0, 0.1) is 0 Å². The van der Waals surface area contributed by atoms with E-state index >= 15 is 0 Å². The van der Waals surface area contributed by atoms with Crippen molar-refractivity contribution in [1.82, 2.24) is 0 Å². The van der Waals surface area contributed by atoms with Gasteiger partial charge in [-0.2, -0.15) is 0 Å². The smallest absolute Gasteiger partial charge is 0.124 e. The highest BCUT2D eigenvalue weighted by atomic mass is 32.2. The van der Waals surface area contributed by atoms with E-state index < -0.39 is 10.8 Å². The molecule has 1 heterocycles. The zero-order valence-electron chi connectivity index (χ0n) is 9.98. The Labute approximate surface area is 99.9 Å². The van der Waals surface area contributed by atoms with Crippen molar-refractivity contribution in [1.29, 1.82) is 0 Å². The molecule has 2 nitrogen and oxygen atoms in total. The Morgan fingerprint density at radius 2 is 2.12 bits per heavy atom. The lowest BCUT2D eigenvalue weighted by Crippen LogP contribution is -2.89. The number of quaternary nitrogens is 1. The van der Waals surface area contributed by atoms with Gasteiger partial charge >= 0.3 is 0 Å². The van der Waals surface area contributed by atoms with Crippen LogP contribution in [0.3, 0.4) is 0 Å². The van der Waals surface area contributed by atoms with E-state index in [0.29, 0.717) is 12.0 Å². The van der Waals surface area contributed by atoms with Gasteiger partial charge in [-0.1, -0.05) is 38.1 Å². The van der Waals surface area contributed by atoms with Crippen molar-refractivity contribution in [2.75, 3.05) is 18.1 Å². The Balaban J connectivity index is 2.28. The summed E-state index contributed by atoms with van der Waals surface area (Å²) in [5, 5.41) is 2.34. The first-order chi connectivity index (χ1) is 7.68. The van der Waals surface area contributed by atoms with E-state index in [2.05, 4.69) is 43.4 Å². The van der Waals surface area contributed by atoms with Gasteiger partial charge in [-0.25, -0.2) is 0 Å². The molecule has 0 amide bonds. The minimum Gasteiger partial charge on any atom is -0.339 e. The first-order valence-corrected chi connectivity index (χ1v) is 7.44. The molecule has 0 spiro atoms. The molecule has 1 aromatic rings. The second-order valence-electron chi connectivity index (χ2n) is 4.73. The minimum absolute atomic E-state index is 0.396. The molecule has 1 fully saturated rings. The summed E-state index contributed by atoms with van der Waals surface area (Å²) in [5.41, 5.74) is 2.79. The van der Waals surface area contributed by atoms with Crippen molar-refractivity contribution in [3.05, 3.63) is 35.4 Å². The van der Waals surface area contributed by atoms with Crippen LogP contribution in [0.5, 0.6) is 0 Å². The quantitative estimate of drug-likeness (QED) is 0.824. The lowest BCUT2D eigenvalue weighted by molar-refractivity contribution is -0.690. The summed E-state index contributed by atoms with van der Waals surface area (Å²) in [7, 11) is -0.624. The highest BCUT2D eigenvalue weighted by Gasteiger charge is 2.25. The van der Waals surface area contributed by atoms with Crippen molar-refractivity contribution in [3.63, 3.8) is 0 Å². The number of nitrogens with two attached hydrogens (primary N) is 1. The molecule has 1 saturated heterocycles. The Hall–Kier alpha value is -0.670. The molecule has 0 aliphatic carbocycles. The maximum Gasteiger partial charge on any atom is 0.124 e. The predicted molar refractivity (Wildman–Crippen MR) is 67.9 cm³/mol. The largest absolute Gasteiger partial charge is 0.339 e. The SMILES string of the molecule is CC(C)c1ccccc1C1CS(=O)CC[NH2+]1. The summed E-state index contributed by atoms with van der Waals surface area (Å²) < 4.78 is 11.6. The van der Waals surface area contributed by atoms with Gasteiger partial charge in [0.05, 0.1) is 18.1 Å². The molecule has 2 rings (SSSR count). The van der Waals surface area contributed by atoms with Crippen LogP contribution in [0.1, 0.15) is 36.9 Å². The number of rotatable bonds is 2. The third-order valence-electron chi connectivity index (χ3n) is 3.18. The molecule has 1 aliphatic rings. The van der Waals surface area contributed by atoms with Crippen LogP contribution >= 0.6 is 0 Å². The normalized spacial score (nSPS) is 25.9. The van der Waals surface area contributed by atoms with Gasteiger partial charge in [0.2, 0.25) is 0 Å². The average Bonchev–Trinajstić information content (AvgIpc) is 2.29. The van der Waals surface area contributed by atoms with Crippen molar-refractivity contribution in [3.8, 4) is 0 Å². The van der Waals surface area contributed by atoms with Gasteiger partial charge in [-0.15, -0.1) is 0 Å². The van der Waals surface area contributed by atoms with Gasteiger partial charge in [0.1, 0.15) is 6.04 Å². The first kappa shape index (κ1) is 11.8. The predicted octanol–water partition coefficient (Wildman–Crippen LogP) is 1.18. The Morgan fingerprint density at radius 3 is 2.81 bits per heavy atom. The van der Waals surface area contributed by atoms with Crippen LogP contribution in [0.25, 0.3) is 0 Å². The Bertz CT molecular complexity index is 389.